The molecule has 3 heterocycles. The van der Waals surface area contributed by atoms with Crippen molar-refractivity contribution in [2.75, 3.05) is 0 Å². The molecule has 0 bridgehead atoms. The van der Waals surface area contributed by atoms with Gasteiger partial charge in [0.2, 0.25) is 0 Å². The van der Waals surface area contributed by atoms with Crippen LogP contribution in [0.15, 0.2) is 187 Å². The molecule has 0 fully saturated rings. The zero-order valence-electron chi connectivity index (χ0n) is 44.5. The van der Waals surface area contributed by atoms with Gasteiger partial charge in [-0.25, -0.2) is 0 Å². The van der Waals surface area contributed by atoms with Gasteiger partial charge in [-0.3, -0.25) is 15.0 Å². The molecule has 0 spiro atoms. The standard InChI is InChI=1S/C52H41N2O.C14H15N2.Ir/c1-31(2)43-28-39(36-23-21-35(22-24-36)34-14-7-6-8-15-34)29-44(32(3)4)50(43)54-49-33(5)13-11-20-47(49)53-52(54)42-19-12-18-41-46-27-38-26-25-37-16-9-10-17-40(37)45(38)30-48(46)55-51(41)42;1-14(2,3)12-9-10-15-13(16-12)11-7-5-4-6-8-11;/h6-18,20-32H,1-5H3;4-7,9-10H,1-3H3;/q2*-1;/i5D3;;. The number of furan rings is 1. The molecular formula is C66H56IrN4O-2. The molecule has 0 atom stereocenters. The maximum absolute atomic E-state index is 8.73. The summed E-state index contributed by atoms with van der Waals surface area (Å²) in [7, 11) is 0. The molecule has 3 aromatic heterocycles. The summed E-state index contributed by atoms with van der Waals surface area (Å²) in [5.41, 5.74) is 13.3. The summed E-state index contributed by atoms with van der Waals surface area (Å²) < 4.78 is 35.1. The first-order valence-electron chi connectivity index (χ1n) is 26.0. The fraction of sp³-hybridized carbons (Fsp3) is 0.167. The molecule has 6 heteroatoms. The van der Waals surface area contributed by atoms with Crippen molar-refractivity contribution in [3.8, 4) is 50.7 Å². The molecule has 0 aliphatic rings. The molecule has 0 aliphatic carbocycles. The van der Waals surface area contributed by atoms with E-state index in [4.69, 9.17) is 13.5 Å². The fourth-order valence-corrected chi connectivity index (χ4v) is 9.83. The second kappa shape index (κ2) is 19.6. The minimum absolute atomic E-state index is 0. The Bertz CT molecular complexity index is 4010. The quantitative estimate of drug-likeness (QED) is 0.118. The molecule has 357 valence electrons. The molecule has 0 saturated carbocycles. The number of benzene rings is 9. The predicted octanol–water partition coefficient (Wildman–Crippen LogP) is 17.8. The molecule has 12 rings (SSSR count). The Morgan fingerprint density at radius 3 is 1.99 bits per heavy atom. The van der Waals surface area contributed by atoms with Crippen LogP contribution in [0, 0.1) is 19.0 Å². The van der Waals surface area contributed by atoms with Gasteiger partial charge < -0.3 is 8.98 Å². The Morgan fingerprint density at radius 2 is 1.28 bits per heavy atom. The number of hydrogen-bond acceptors (Lipinski definition) is 4. The van der Waals surface area contributed by atoms with Gasteiger partial charge in [0.1, 0.15) is 5.58 Å². The van der Waals surface area contributed by atoms with Crippen LogP contribution in [0.25, 0.3) is 105 Å². The Balaban J connectivity index is 0.000000323. The molecule has 0 unspecified atom stereocenters. The van der Waals surface area contributed by atoms with Crippen LogP contribution in [0.3, 0.4) is 0 Å². The first kappa shape index (κ1) is 44.4. The van der Waals surface area contributed by atoms with Gasteiger partial charge in [-0.2, -0.15) is 0 Å². The molecule has 12 aromatic rings. The second-order valence-corrected chi connectivity index (χ2v) is 20.0. The number of para-hydroxylation sites is 1. The average Bonchev–Trinajstić information content (AvgIpc) is 4.00. The molecular weight excluding hydrogens is 1060 g/mol. The third-order valence-corrected chi connectivity index (χ3v) is 13.5. The molecule has 0 N–H and O–H groups in total. The van der Waals surface area contributed by atoms with Crippen molar-refractivity contribution in [3.63, 3.8) is 0 Å². The van der Waals surface area contributed by atoms with Crippen molar-refractivity contribution in [2.24, 2.45) is 0 Å². The minimum Gasteiger partial charge on any atom is -0.501 e. The Morgan fingerprint density at radius 1 is 0.583 bits per heavy atom. The zero-order chi connectivity index (χ0) is 51.5. The summed E-state index contributed by atoms with van der Waals surface area (Å²) in [6.45, 7) is 12.9. The largest absolute Gasteiger partial charge is 0.501 e. The van der Waals surface area contributed by atoms with Gasteiger partial charge in [0.25, 0.3) is 0 Å². The molecule has 0 amide bonds. The molecule has 9 aromatic carbocycles. The number of aromatic nitrogens is 4. The summed E-state index contributed by atoms with van der Waals surface area (Å²) in [5.74, 6) is 1.52. The minimum atomic E-state index is -2.39. The van der Waals surface area contributed by atoms with Crippen molar-refractivity contribution in [1.82, 2.24) is 19.5 Å². The second-order valence-electron chi connectivity index (χ2n) is 20.0. The number of rotatable bonds is 7. The van der Waals surface area contributed by atoms with E-state index < -0.39 is 6.85 Å². The van der Waals surface area contributed by atoms with E-state index in [2.05, 4.69) is 190 Å². The summed E-state index contributed by atoms with van der Waals surface area (Å²) in [4.78, 5) is 14.1. The number of imidazole rings is 1. The van der Waals surface area contributed by atoms with Crippen molar-refractivity contribution in [2.45, 2.75) is 72.6 Å². The van der Waals surface area contributed by atoms with Crippen molar-refractivity contribution in [3.05, 3.63) is 217 Å². The van der Waals surface area contributed by atoms with E-state index in [9.17, 15) is 0 Å². The summed E-state index contributed by atoms with van der Waals surface area (Å²) >= 11 is 0. The van der Waals surface area contributed by atoms with E-state index in [1.807, 2.05) is 54.7 Å². The first-order chi connectivity index (χ1) is 35.6. The smallest absolute Gasteiger partial charge is 0.121 e. The van der Waals surface area contributed by atoms with E-state index in [1.165, 1.54) is 21.9 Å². The predicted molar refractivity (Wildman–Crippen MR) is 296 cm³/mol. The van der Waals surface area contributed by atoms with Gasteiger partial charge >= 0.3 is 0 Å². The first-order valence-corrected chi connectivity index (χ1v) is 24.5. The van der Waals surface area contributed by atoms with E-state index >= 15 is 0 Å². The monoisotopic (exact) mass is 1120 g/mol. The number of fused-ring (bicyclic) bond motifs is 7. The van der Waals surface area contributed by atoms with E-state index in [1.54, 1.807) is 12.1 Å². The van der Waals surface area contributed by atoms with E-state index in [0.717, 1.165) is 72.2 Å². The maximum Gasteiger partial charge on any atom is 0.121 e. The summed E-state index contributed by atoms with van der Waals surface area (Å²) in [5, 5.41) is 6.57. The van der Waals surface area contributed by atoms with Crippen LogP contribution in [0.1, 0.15) is 86.8 Å². The third kappa shape index (κ3) is 8.95. The van der Waals surface area contributed by atoms with Crippen molar-refractivity contribution >= 4 is 54.5 Å². The molecule has 5 nitrogen and oxygen atoms in total. The topological polar surface area (TPSA) is 56.7 Å². The van der Waals surface area contributed by atoms with E-state index in [-0.39, 0.29) is 42.9 Å². The fourth-order valence-electron chi connectivity index (χ4n) is 9.83. The normalized spacial score (nSPS) is 12.5. The molecule has 0 saturated heterocycles. The summed E-state index contributed by atoms with van der Waals surface area (Å²) in [6.07, 6.45) is 1.81. The molecule has 1 radical (unpaired) electrons. The van der Waals surface area contributed by atoms with Crippen molar-refractivity contribution in [1.29, 1.82) is 0 Å². The van der Waals surface area contributed by atoms with Gasteiger partial charge in [-0.1, -0.05) is 163 Å². The number of aryl methyl sites for hydroxylation is 1. The van der Waals surface area contributed by atoms with Crippen LogP contribution in [0.2, 0.25) is 0 Å². The molecule has 0 aliphatic heterocycles. The number of nitrogens with zero attached hydrogens (tertiary/aromatic N) is 4. The summed E-state index contributed by atoms with van der Waals surface area (Å²) in [6, 6.07) is 66.6. The Hall–Kier alpha value is -7.50. The SMILES string of the molecule is CC(C)(C)c1ccnc(-c2[c-]cccc2)n1.[2H]C([2H])([2H])c1cccc2nc(-c3[c-]ccc4c3oc3cc5c(ccc6ccccc65)cc34)n(-c3c(C(C)C)cc(-c4ccc(-c5ccccc5)cc4)cc3C(C)C)c12.[Ir]. The molecule has 72 heavy (non-hydrogen) atoms. The maximum atomic E-state index is 8.73. The average molecular weight is 1120 g/mol. The van der Waals surface area contributed by atoms with Gasteiger partial charge in [0.15, 0.2) is 0 Å². The Labute approximate surface area is 440 Å². The Kier molecular flexibility index (Phi) is 12.1. The van der Waals surface area contributed by atoms with Crippen LogP contribution < -0.4 is 0 Å². The van der Waals surface area contributed by atoms with Crippen LogP contribution in [0.5, 0.6) is 0 Å². The van der Waals surface area contributed by atoms with Crippen LogP contribution in [0.4, 0.5) is 0 Å². The number of hydrogen-bond donors (Lipinski definition) is 0. The zero-order valence-corrected chi connectivity index (χ0v) is 43.9. The van der Waals surface area contributed by atoms with Gasteiger partial charge in [-0.15, -0.1) is 54.1 Å². The van der Waals surface area contributed by atoms with Crippen LogP contribution in [-0.4, -0.2) is 19.5 Å². The van der Waals surface area contributed by atoms with Gasteiger partial charge in [0, 0.05) is 52.6 Å². The van der Waals surface area contributed by atoms with Gasteiger partial charge in [-0.05, 0) is 116 Å². The van der Waals surface area contributed by atoms with Crippen LogP contribution in [-0.2, 0) is 25.5 Å². The van der Waals surface area contributed by atoms with E-state index in [0.29, 0.717) is 28.0 Å². The van der Waals surface area contributed by atoms with Crippen molar-refractivity contribution < 1.29 is 28.6 Å². The third-order valence-electron chi connectivity index (χ3n) is 13.5. The van der Waals surface area contributed by atoms with Gasteiger partial charge in [0.05, 0.1) is 28.3 Å². The van der Waals surface area contributed by atoms with Crippen LogP contribution >= 0.6 is 0 Å².